The molecule has 0 radical (unpaired) electrons. The van der Waals surface area contributed by atoms with Crippen LogP contribution in [0.3, 0.4) is 0 Å². The van der Waals surface area contributed by atoms with Crippen molar-refractivity contribution in [3.63, 3.8) is 0 Å². The van der Waals surface area contributed by atoms with Gasteiger partial charge in [-0.1, -0.05) is 24.3 Å². The molecule has 0 saturated carbocycles. The van der Waals surface area contributed by atoms with Gasteiger partial charge >= 0.3 is 6.18 Å². The second-order valence-corrected chi connectivity index (χ2v) is 6.72. The number of aliphatic hydroxyl groups is 1. The van der Waals surface area contributed by atoms with Crippen LogP contribution < -0.4 is 4.90 Å². The van der Waals surface area contributed by atoms with Gasteiger partial charge in [-0.25, -0.2) is 0 Å². The molecule has 2 aromatic heterocycles. The van der Waals surface area contributed by atoms with Crippen molar-refractivity contribution in [2.24, 2.45) is 0 Å². The highest BCUT2D eigenvalue weighted by atomic mass is 19.4. The molecule has 0 spiro atoms. The summed E-state index contributed by atoms with van der Waals surface area (Å²) in [5.74, 6) is -0.647. The van der Waals surface area contributed by atoms with Gasteiger partial charge in [0.15, 0.2) is 5.65 Å². The number of aromatic nitrogens is 4. The second kappa shape index (κ2) is 7.36. The minimum absolute atomic E-state index is 0.0127. The van der Waals surface area contributed by atoms with Crippen LogP contribution in [0.15, 0.2) is 36.4 Å². The first-order valence-corrected chi connectivity index (χ1v) is 8.90. The van der Waals surface area contributed by atoms with Crippen LogP contribution >= 0.6 is 0 Å². The van der Waals surface area contributed by atoms with Crippen LogP contribution in [0.25, 0.3) is 5.65 Å². The Kier molecular flexibility index (Phi) is 4.90. The Bertz CT molecular complexity index is 965. The smallest absolute Gasteiger partial charge is 0.392 e. The molecular formula is C18H19F3N6O. The van der Waals surface area contributed by atoms with Gasteiger partial charge in [-0.3, -0.25) is 4.90 Å². The number of hydrogen-bond acceptors (Lipinski definition) is 6. The second-order valence-electron chi connectivity index (χ2n) is 6.72. The van der Waals surface area contributed by atoms with Gasteiger partial charge in [0, 0.05) is 32.7 Å². The number of halogens is 3. The zero-order valence-corrected chi connectivity index (χ0v) is 15.0. The van der Waals surface area contributed by atoms with Crippen molar-refractivity contribution in [1.29, 1.82) is 0 Å². The summed E-state index contributed by atoms with van der Waals surface area (Å²) < 4.78 is 39.9. The van der Waals surface area contributed by atoms with Gasteiger partial charge in [0.2, 0.25) is 0 Å². The van der Waals surface area contributed by atoms with Crippen LogP contribution in [0.4, 0.5) is 19.0 Å². The van der Waals surface area contributed by atoms with Crippen molar-refractivity contribution in [2.75, 3.05) is 31.1 Å². The van der Waals surface area contributed by atoms with E-state index in [2.05, 4.69) is 20.2 Å². The van der Waals surface area contributed by atoms with Crippen LogP contribution in [-0.2, 0) is 19.3 Å². The van der Waals surface area contributed by atoms with Gasteiger partial charge in [-0.15, -0.1) is 15.3 Å². The Morgan fingerprint density at radius 1 is 0.964 bits per heavy atom. The zero-order chi connectivity index (χ0) is 19.7. The summed E-state index contributed by atoms with van der Waals surface area (Å²) >= 11 is 0. The maximum Gasteiger partial charge on any atom is 0.453 e. The number of aliphatic hydroxyl groups excluding tert-OH is 1. The number of rotatable bonds is 4. The summed E-state index contributed by atoms with van der Waals surface area (Å²) in [4.78, 5) is 4.23. The molecule has 1 N–H and O–H groups in total. The van der Waals surface area contributed by atoms with E-state index in [-0.39, 0.29) is 12.3 Å². The molecule has 28 heavy (non-hydrogen) atoms. The predicted octanol–water partition coefficient (Wildman–Crippen LogP) is 1.96. The monoisotopic (exact) mass is 392 g/mol. The van der Waals surface area contributed by atoms with E-state index in [0.717, 1.165) is 35.3 Å². The molecule has 1 fully saturated rings. The number of benzene rings is 1. The number of anilines is 1. The molecule has 1 saturated heterocycles. The van der Waals surface area contributed by atoms with Crippen molar-refractivity contribution >= 4 is 11.5 Å². The maximum absolute atomic E-state index is 13.0. The summed E-state index contributed by atoms with van der Waals surface area (Å²) in [6.45, 7) is 3.61. The fraction of sp³-hybridized carbons (Fsp3) is 0.389. The third kappa shape index (κ3) is 3.78. The first-order valence-electron chi connectivity index (χ1n) is 8.90. The average molecular weight is 392 g/mol. The molecule has 3 heterocycles. The third-order valence-corrected chi connectivity index (χ3v) is 4.78. The Labute approximate surface area is 159 Å². The molecule has 0 unspecified atom stereocenters. The zero-order valence-electron chi connectivity index (χ0n) is 15.0. The summed E-state index contributed by atoms with van der Waals surface area (Å²) in [6, 6.07) is 11.0. The summed E-state index contributed by atoms with van der Waals surface area (Å²) in [7, 11) is 0. The van der Waals surface area contributed by atoms with Gasteiger partial charge in [0.25, 0.3) is 5.82 Å². The van der Waals surface area contributed by atoms with Crippen LogP contribution in [0.1, 0.15) is 17.0 Å². The lowest BCUT2D eigenvalue weighted by Crippen LogP contribution is -2.46. The lowest BCUT2D eigenvalue weighted by molar-refractivity contribution is -0.146. The van der Waals surface area contributed by atoms with Gasteiger partial charge < -0.3 is 10.0 Å². The van der Waals surface area contributed by atoms with E-state index in [1.54, 1.807) is 6.07 Å². The van der Waals surface area contributed by atoms with Crippen molar-refractivity contribution < 1.29 is 18.3 Å². The highest BCUT2D eigenvalue weighted by Gasteiger charge is 2.37. The van der Waals surface area contributed by atoms with Crippen molar-refractivity contribution in [3.8, 4) is 0 Å². The van der Waals surface area contributed by atoms with Gasteiger partial charge in [-0.2, -0.15) is 17.7 Å². The lowest BCUT2D eigenvalue weighted by Gasteiger charge is -2.35. The number of alkyl halides is 3. The normalized spacial score (nSPS) is 16.1. The molecule has 0 atom stereocenters. The first kappa shape index (κ1) is 18.6. The van der Waals surface area contributed by atoms with Gasteiger partial charge in [0.1, 0.15) is 5.82 Å². The molecule has 0 aliphatic carbocycles. The van der Waals surface area contributed by atoms with Crippen molar-refractivity contribution in [3.05, 3.63) is 53.3 Å². The lowest BCUT2D eigenvalue weighted by atomic mass is 10.1. The number of piperazine rings is 1. The Balaban J connectivity index is 1.44. The molecule has 10 heteroatoms. The van der Waals surface area contributed by atoms with Crippen molar-refractivity contribution in [1.82, 2.24) is 24.7 Å². The summed E-state index contributed by atoms with van der Waals surface area (Å²) in [5, 5.41) is 20.1. The largest absolute Gasteiger partial charge is 0.453 e. The minimum Gasteiger partial charge on any atom is -0.392 e. The van der Waals surface area contributed by atoms with E-state index in [0.29, 0.717) is 18.9 Å². The SMILES string of the molecule is OCc1cccc(CN2CCN(c3ccc4nnc(C(F)(F)F)n4n3)CC2)c1. The number of fused-ring (bicyclic) bond motifs is 1. The van der Waals surface area contributed by atoms with Crippen LogP contribution in [0.2, 0.25) is 0 Å². The van der Waals surface area contributed by atoms with E-state index < -0.39 is 12.0 Å². The van der Waals surface area contributed by atoms with Gasteiger partial charge in [-0.05, 0) is 23.3 Å². The van der Waals surface area contributed by atoms with E-state index in [1.165, 1.54) is 6.07 Å². The first-order chi connectivity index (χ1) is 13.4. The Hall–Kier alpha value is -2.72. The highest BCUT2D eigenvalue weighted by molar-refractivity contribution is 5.46. The topological polar surface area (TPSA) is 69.8 Å². The molecule has 148 valence electrons. The highest BCUT2D eigenvalue weighted by Crippen LogP contribution is 2.28. The number of nitrogens with zero attached hydrogens (tertiary/aromatic N) is 6. The Morgan fingerprint density at radius 3 is 2.43 bits per heavy atom. The van der Waals surface area contributed by atoms with E-state index in [1.807, 2.05) is 29.2 Å². The predicted molar refractivity (Wildman–Crippen MR) is 95.6 cm³/mol. The standard InChI is InChI=1S/C18H19F3N6O/c19-18(20,21)17-23-22-15-4-5-16(24-27(15)17)26-8-6-25(7-9-26)11-13-2-1-3-14(10-13)12-28/h1-5,10,28H,6-9,11-12H2. The van der Waals surface area contributed by atoms with Crippen LogP contribution in [0.5, 0.6) is 0 Å². The average Bonchev–Trinajstić information content (AvgIpc) is 3.12. The quantitative estimate of drug-likeness (QED) is 0.732. The third-order valence-electron chi connectivity index (χ3n) is 4.78. The molecule has 0 bridgehead atoms. The summed E-state index contributed by atoms with van der Waals surface area (Å²) in [5.41, 5.74) is 2.07. The molecule has 1 aliphatic heterocycles. The summed E-state index contributed by atoms with van der Waals surface area (Å²) in [6.07, 6.45) is -4.60. The molecule has 1 aliphatic rings. The molecule has 0 amide bonds. The molecule has 4 rings (SSSR count). The maximum atomic E-state index is 13.0. The van der Waals surface area contributed by atoms with E-state index in [4.69, 9.17) is 0 Å². The fourth-order valence-electron chi connectivity index (χ4n) is 3.34. The Morgan fingerprint density at radius 2 is 1.71 bits per heavy atom. The van der Waals surface area contributed by atoms with Crippen LogP contribution in [0, 0.1) is 0 Å². The van der Waals surface area contributed by atoms with E-state index >= 15 is 0 Å². The molecule has 3 aromatic rings. The minimum atomic E-state index is -4.60. The number of hydrogen-bond donors (Lipinski definition) is 1. The fourth-order valence-corrected chi connectivity index (χ4v) is 3.34. The van der Waals surface area contributed by atoms with Crippen LogP contribution in [-0.4, -0.2) is 56.0 Å². The van der Waals surface area contributed by atoms with Gasteiger partial charge in [0.05, 0.1) is 6.61 Å². The molecule has 1 aromatic carbocycles. The van der Waals surface area contributed by atoms with E-state index in [9.17, 15) is 18.3 Å². The van der Waals surface area contributed by atoms with Crippen molar-refractivity contribution in [2.45, 2.75) is 19.3 Å². The molecular weight excluding hydrogens is 373 g/mol. The molecule has 7 nitrogen and oxygen atoms in total.